The fraction of sp³-hybridized carbons (Fsp3) is 0.917. The number of ether oxygens (including phenoxy) is 1. The van der Waals surface area contributed by atoms with Gasteiger partial charge >= 0.3 is 12.2 Å². The maximum Gasteiger partial charge on any atom is 0.390 e. The second-order valence-corrected chi connectivity index (χ2v) is 5.68. The Labute approximate surface area is 111 Å². The van der Waals surface area contributed by atoms with Gasteiger partial charge in [0.2, 0.25) is 0 Å². The fourth-order valence-electron chi connectivity index (χ4n) is 2.25. The molecule has 1 aliphatic carbocycles. The van der Waals surface area contributed by atoms with Gasteiger partial charge in [-0.3, -0.25) is 0 Å². The molecule has 0 bridgehead atoms. The van der Waals surface area contributed by atoms with Gasteiger partial charge in [0.05, 0.1) is 12.0 Å². The summed E-state index contributed by atoms with van der Waals surface area (Å²) in [6.45, 7) is 5.46. The maximum atomic E-state index is 11.9. The van der Waals surface area contributed by atoms with E-state index in [-0.39, 0.29) is 17.1 Å². The van der Waals surface area contributed by atoms with E-state index in [1.54, 1.807) is 7.11 Å². The number of urea groups is 1. The Kier molecular flexibility index (Phi) is 4.39. The highest BCUT2D eigenvalue weighted by Crippen LogP contribution is 2.51. The average Bonchev–Trinajstić information content (AvgIpc) is 2.26. The minimum Gasteiger partial charge on any atom is -0.378 e. The van der Waals surface area contributed by atoms with Crippen molar-refractivity contribution in [3.63, 3.8) is 0 Å². The van der Waals surface area contributed by atoms with Crippen LogP contribution in [0.1, 0.15) is 33.6 Å². The molecule has 112 valence electrons. The molecule has 2 unspecified atom stereocenters. The number of rotatable bonds is 4. The first kappa shape index (κ1) is 16.1. The van der Waals surface area contributed by atoms with Crippen LogP contribution in [-0.4, -0.2) is 37.5 Å². The molecular formula is C12H21F3N2O2. The predicted octanol–water partition coefficient (Wildman–Crippen LogP) is 2.44. The Bertz CT molecular complexity index is 344. The van der Waals surface area contributed by atoms with Crippen molar-refractivity contribution in [1.82, 2.24) is 10.6 Å². The summed E-state index contributed by atoms with van der Waals surface area (Å²) in [4.78, 5) is 11.5. The molecule has 0 aromatic carbocycles. The van der Waals surface area contributed by atoms with E-state index in [0.717, 1.165) is 0 Å². The number of alkyl halides is 3. The number of methoxy groups -OCH3 is 1. The zero-order chi connectivity index (χ0) is 14.9. The zero-order valence-corrected chi connectivity index (χ0v) is 11.6. The van der Waals surface area contributed by atoms with Gasteiger partial charge in [0.15, 0.2) is 0 Å². The number of halogens is 3. The quantitative estimate of drug-likeness (QED) is 0.832. The van der Waals surface area contributed by atoms with Gasteiger partial charge in [-0.15, -0.1) is 0 Å². The maximum absolute atomic E-state index is 11.9. The third-order valence-electron chi connectivity index (χ3n) is 4.28. The normalized spacial score (nSPS) is 29.5. The molecule has 2 atom stereocenters. The van der Waals surface area contributed by atoms with E-state index >= 15 is 0 Å². The Morgan fingerprint density at radius 3 is 2.37 bits per heavy atom. The predicted molar refractivity (Wildman–Crippen MR) is 64.8 cm³/mol. The Morgan fingerprint density at radius 1 is 1.37 bits per heavy atom. The molecule has 7 heteroatoms. The molecule has 19 heavy (non-hydrogen) atoms. The average molecular weight is 282 g/mol. The largest absolute Gasteiger partial charge is 0.390 e. The van der Waals surface area contributed by atoms with Crippen LogP contribution in [0.2, 0.25) is 0 Å². The third-order valence-corrected chi connectivity index (χ3v) is 4.28. The monoisotopic (exact) mass is 282 g/mol. The summed E-state index contributed by atoms with van der Waals surface area (Å²) in [6.07, 6.45) is -4.63. The van der Waals surface area contributed by atoms with E-state index in [2.05, 4.69) is 10.6 Å². The lowest BCUT2D eigenvalue weighted by Crippen LogP contribution is -2.69. The van der Waals surface area contributed by atoms with Gasteiger partial charge < -0.3 is 15.4 Å². The highest BCUT2D eigenvalue weighted by molar-refractivity contribution is 5.74. The third kappa shape index (κ3) is 3.52. The van der Waals surface area contributed by atoms with Crippen molar-refractivity contribution in [2.24, 2.45) is 5.41 Å². The van der Waals surface area contributed by atoms with E-state index in [4.69, 9.17) is 4.74 Å². The van der Waals surface area contributed by atoms with Crippen molar-refractivity contribution in [2.45, 2.75) is 51.4 Å². The van der Waals surface area contributed by atoms with Gasteiger partial charge in [-0.1, -0.05) is 13.8 Å². The van der Waals surface area contributed by atoms with Crippen molar-refractivity contribution in [2.75, 3.05) is 13.7 Å². The van der Waals surface area contributed by atoms with E-state index in [9.17, 15) is 18.0 Å². The highest BCUT2D eigenvalue weighted by Gasteiger charge is 2.58. The molecule has 4 nitrogen and oxygen atoms in total. The molecule has 1 fully saturated rings. The summed E-state index contributed by atoms with van der Waals surface area (Å²) >= 11 is 0. The van der Waals surface area contributed by atoms with Crippen molar-refractivity contribution < 1.29 is 22.7 Å². The topological polar surface area (TPSA) is 50.4 Å². The molecule has 1 saturated carbocycles. The minimum absolute atomic E-state index is 0.108. The van der Waals surface area contributed by atoms with E-state index in [0.29, 0.717) is 6.42 Å². The van der Waals surface area contributed by atoms with Crippen LogP contribution in [0.5, 0.6) is 0 Å². The van der Waals surface area contributed by atoms with Gasteiger partial charge in [0.25, 0.3) is 0 Å². The van der Waals surface area contributed by atoms with Gasteiger partial charge in [-0.2, -0.15) is 13.2 Å². The Hall–Kier alpha value is -0.980. The molecule has 1 aliphatic rings. The summed E-state index contributed by atoms with van der Waals surface area (Å²) in [5.74, 6) is 0. The molecule has 2 amide bonds. The number of nitrogens with one attached hydrogen (secondary N) is 2. The molecule has 0 heterocycles. The van der Waals surface area contributed by atoms with Crippen LogP contribution < -0.4 is 10.6 Å². The molecule has 0 aliphatic heterocycles. The standard InChI is InChI=1S/C12H21F3N2O2/c1-10(2)8(7-11(10,3)19-4)17-9(18)16-6-5-12(13,14)15/h8H,5-7H2,1-4H3,(H2,16,17,18). The molecule has 2 N–H and O–H groups in total. The van der Waals surface area contributed by atoms with Gasteiger partial charge in [-0.25, -0.2) is 4.79 Å². The Morgan fingerprint density at radius 2 is 1.95 bits per heavy atom. The summed E-state index contributed by atoms with van der Waals surface area (Å²) in [5, 5.41) is 4.90. The summed E-state index contributed by atoms with van der Waals surface area (Å²) in [6, 6.07) is -0.677. The van der Waals surface area contributed by atoms with Crippen LogP contribution >= 0.6 is 0 Å². The van der Waals surface area contributed by atoms with Crippen molar-refractivity contribution in [3.05, 3.63) is 0 Å². The molecule has 0 spiro atoms. The van der Waals surface area contributed by atoms with E-state index < -0.39 is 25.2 Å². The molecule has 0 saturated heterocycles. The van der Waals surface area contributed by atoms with Crippen LogP contribution in [-0.2, 0) is 4.74 Å². The SMILES string of the molecule is COC1(C)CC(NC(=O)NCCC(F)(F)F)C1(C)C. The van der Waals surface area contributed by atoms with Crippen LogP contribution in [0, 0.1) is 5.41 Å². The van der Waals surface area contributed by atoms with E-state index in [1.807, 2.05) is 20.8 Å². The first-order valence-electron chi connectivity index (χ1n) is 6.18. The van der Waals surface area contributed by atoms with E-state index in [1.165, 1.54) is 0 Å². The molecule has 0 aromatic rings. The van der Waals surface area contributed by atoms with Gasteiger partial charge in [0.1, 0.15) is 0 Å². The van der Waals surface area contributed by atoms with Crippen molar-refractivity contribution in [1.29, 1.82) is 0 Å². The molecule has 1 rings (SSSR count). The number of hydrogen-bond donors (Lipinski definition) is 2. The number of hydrogen-bond acceptors (Lipinski definition) is 2. The zero-order valence-electron chi connectivity index (χ0n) is 11.6. The molecular weight excluding hydrogens is 261 g/mol. The first-order chi connectivity index (χ1) is 8.52. The summed E-state index contributed by atoms with van der Waals surface area (Å²) in [5.41, 5.74) is -0.583. The smallest absolute Gasteiger partial charge is 0.378 e. The molecule has 0 aromatic heterocycles. The second kappa shape index (κ2) is 5.19. The first-order valence-corrected chi connectivity index (χ1v) is 6.18. The summed E-state index contributed by atoms with van der Waals surface area (Å²) < 4.78 is 41.2. The lowest BCUT2D eigenvalue weighted by molar-refractivity contribution is -0.177. The lowest BCUT2D eigenvalue weighted by Gasteiger charge is -2.59. The van der Waals surface area contributed by atoms with Crippen LogP contribution in [0.25, 0.3) is 0 Å². The van der Waals surface area contributed by atoms with Gasteiger partial charge in [0, 0.05) is 25.1 Å². The minimum atomic E-state index is -4.25. The van der Waals surface area contributed by atoms with Crippen LogP contribution in [0.15, 0.2) is 0 Å². The Balaban J connectivity index is 2.36. The van der Waals surface area contributed by atoms with Crippen LogP contribution in [0.3, 0.4) is 0 Å². The van der Waals surface area contributed by atoms with Crippen molar-refractivity contribution >= 4 is 6.03 Å². The second-order valence-electron chi connectivity index (χ2n) is 5.68. The number of amides is 2. The lowest BCUT2D eigenvalue weighted by atomic mass is 9.56. The fourth-order valence-corrected chi connectivity index (χ4v) is 2.25. The number of carbonyl (C=O) groups is 1. The highest BCUT2D eigenvalue weighted by atomic mass is 19.4. The molecule has 0 radical (unpaired) electrons. The van der Waals surface area contributed by atoms with Gasteiger partial charge in [-0.05, 0) is 13.3 Å². The summed E-state index contributed by atoms with van der Waals surface area (Å²) in [7, 11) is 1.61. The number of carbonyl (C=O) groups excluding carboxylic acids is 1. The van der Waals surface area contributed by atoms with Crippen molar-refractivity contribution in [3.8, 4) is 0 Å². The van der Waals surface area contributed by atoms with Crippen LogP contribution in [0.4, 0.5) is 18.0 Å².